The fourth-order valence-corrected chi connectivity index (χ4v) is 4.78. The van der Waals surface area contributed by atoms with Gasteiger partial charge in [-0.05, 0) is 75.1 Å². The zero-order valence-corrected chi connectivity index (χ0v) is 17.7. The van der Waals surface area contributed by atoms with Crippen LogP contribution in [0.1, 0.15) is 62.1 Å². The maximum Gasteiger partial charge on any atom is 0.317 e. The van der Waals surface area contributed by atoms with Gasteiger partial charge < -0.3 is 5.11 Å². The third-order valence-electron chi connectivity index (χ3n) is 6.58. The number of aliphatic carboxylic acids is 1. The van der Waals surface area contributed by atoms with Crippen LogP contribution in [0.5, 0.6) is 0 Å². The first-order valence-electron chi connectivity index (χ1n) is 11.4. The lowest BCUT2D eigenvalue weighted by molar-refractivity contribution is -0.138. The van der Waals surface area contributed by atoms with Gasteiger partial charge in [-0.15, -0.1) is 0 Å². The Kier molecular flexibility index (Phi) is 7.36. The number of carboxylic acids is 1. The first-order valence-corrected chi connectivity index (χ1v) is 11.4. The highest BCUT2D eigenvalue weighted by Crippen LogP contribution is 2.31. The minimum Gasteiger partial charge on any atom is -0.480 e. The van der Waals surface area contributed by atoms with Crippen LogP contribution in [-0.4, -0.2) is 66.0 Å². The maximum absolute atomic E-state index is 10.8. The standard InChI is InChI=1S/C23H34N4O3/c28-23(29)17-26-12-8-18(9-13-26)14-21-15-22(25-30-21)20-6-4-19(5-7-20)16-24-27-10-2-1-3-11-27/h4-7,16,18,21-22,25H,1-3,8-15,17H2,(H,28,29). The van der Waals surface area contributed by atoms with Gasteiger partial charge in [-0.2, -0.15) is 10.6 Å². The van der Waals surface area contributed by atoms with Crippen LogP contribution in [-0.2, 0) is 9.63 Å². The van der Waals surface area contributed by atoms with Gasteiger partial charge in [0.25, 0.3) is 0 Å². The molecule has 0 aliphatic carbocycles. The molecule has 3 heterocycles. The molecule has 2 atom stereocenters. The number of carboxylic acid groups (broad SMARTS) is 1. The number of hydroxylamine groups is 1. The molecule has 3 aliphatic rings. The molecule has 0 amide bonds. The summed E-state index contributed by atoms with van der Waals surface area (Å²) in [6.07, 6.45) is 10.1. The van der Waals surface area contributed by atoms with E-state index in [1.807, 2.05) is 11.1 Å². The first kappa shape index (κ1) is 21.3. The minimum absolute atomic E-state index is 0.162. The molecule has 2 unspecified atom stereocenters. The fourth-order valence-electron chi connectivity index (χ4n) is 4.78. The summed E-state index contributed by atoms with van der Waals surface area (Å²) in [6.45, 7) is 4.05. The van der Waals surface area contributed by atoms with Crippen molar-refractivity contribution in [3.63, 3.8) is 0 Å². The third kappa shape index (κ3) is 6.03. The molecule has 0 spiro atoms. The highest BCUT2D eigenvalue weighted by atomic mass is 16.7. The van der Waals surface area contributed by atoms with E-state index in [1.54, 1.807) is 0 Å². The van der Waals surface area contributed by atoms with Gasteiger partial charge in [-0.3, -0.25) is 19.5 Å². The van der Waals surface area contributed by atoms with E-state index in [0.717, 1.165) is 57.4 Å². The van der Waals surface area contributed by atoms with E-state index in [9.17, 15) is 4.79 Å². The number of piperidine rings is 2. The number of likely N-dealkylation sites (tertiary alicyclic amines) is 1. The van der Waals surface area contributed by atoms with Crippen molar-refractivity contribution in [1.29, 1.82) is 0 Å². The maximum atomic E-state index is 10.8. The van der Waals surface area contributed by atoms with Crippen LogP contribution in [0.15, 0.2) is 29.4 Å². The predicted molar refractivity (Wildman–Crippen MR) is 116 cm³/mol. The summed E-state index contributed by atoms with van der Waals surface area (Å²) in [4.78, 5) is 18.8. The van der Waals surface area contributed by atoms with Crippen LogP contribution in [0.4, 0.5) is 0 Å². The van der Waals surface area contributed by atoms with Crippen molar-refractivity contribution in [2.24, 2.45) is 11.0 Å². The zero-order valence-electron chi connectivity index (χ0n) is 17.7. The van der Waals surface area contributed by atoms with E-state index < -0.39 is 5.97 Å². The SMILES string of the molecule is O=C(O)CN1CCC(CC2CC(c3ccc(C=NN4CCCCC4)cc3)NO2)CC1. The van der Waals surface area contributed by atoms with Crippen molar-refractivity contribution in [3.05, 3.63) is 35.4 Å². The molecule has 0 aromatic heterocycles. The van der Waals surface area contributed by atoms with Crippen LogP contribution >= 0.6 is 0 Å². The number of nitrogens with one attached hydrogen (secondary N) is 1. The quantitative estimate of drug-likeness (QED) is 0.668. The van der Waals surface area contributed by atoms with Crippen LogP contribution in [0.25, 0.3) is 0 Å². The molecular weight excluding hydrogens is 380 g/mol. The van der Waals surface area contributed by atoms with E-state index >= 15 is 0 Å². The molecule has 30 heavy (non-hydrogen) atoms. The number of benzene rings is 1. The predicted octanol–water partition coefficient (Wildman–Crippen LogP) is 3.03. The van der Waals surface area contributed by atoms with Crippen LogP contribution in [0, 0.1) is 5.92 Å². The summed E-state index contributed by atoms with van der Waals surface area (Å²) in [5.41, 5.74) is 5.61. The smallest absolute Gasteiger partial charge is 0.317 e. The highest BCUT2D eigenvalue weighted by molar-refractivity contribution is 5.79. The van der Waals surface area contributed by atoms with Gasteiger partial charge in [0.05, 0.1) is 24.9 Å². The van der Waals surface area contributed by atoms with Gasteiger partial charge >= 0.3 is 5.97 Å². The third-order valence-corrected chi connectivity index (χ3v) is 6.58. The molecule has 164 valence electrons. The molecule has 2 N–H and O–H groups in total. The van der Waals surface area contributed by atoms with Gasteiger partial charge in [-0.25, -0.2) is 0 Å². The number of nitrogens with zero attached hydrogens (tertiary/aromatic N) is 3. The molecule has 3 aliphatic heterocycles. The molecule has 4 rings (SSSR count). The Morgan fingerprint density at radius 1 is 1.13 bits per heavy atom. The molecule has 0 saturated carbocycles. The van der Waals surface area contributed by atoms with E-state index in [4.69, 9.17) is 9.94 Å². The second kappa shape index (κ2) is 10.4. The Morgan fingerprint density at radius 2 is 1.87 bits per heavy atom. The average molecular weight is 415 g/mol. The summed E-state index contributed by atoms with van der Waals surface area (Å²) >= 11 is 0. The molecule has 1 aromatic carbocycles. The van der Waals surface area contributed by atoms with Crippen molar-refractivity contribution in [2.75, 3.05) is 32.7 Å². The topological polar surface area (TPSA) is 77.4 Å². The molecular formula is C23H34N4O3. The number of hydrogen-bond donors (Lipinski definition) is 2. The van der Waals surface area contributed by atoms with Gasteiger partial charge in [-0.1, -0.05) is 24.3 Å². The monoisotopic (exact) mass is 414 g/mol. The van der Waals surface area contributed by atoms with Gasteiger partial charge in [0.1, 0.15) is 0 Å². The van der Waals surface area contributed by atoms with Crippen molar-refractivity contribution in [1.82, 2.24) is 15.4 Å². The summed E-state index contributed by atoms with van der Waals surface area (Å²) in [6, 6.07) is 8.85. The van der Waals surface area contributed by atoms with Crippen molar-refractivity contribution in [3.8, 4) is 0 Å². The lowest BCUT2D eigenvalue weighted by atomic mass is 9.89. The Bertz CT molecular complexity index is 710. The van der Waals surface area contributed by atoms with Crippen molar-refractivity contribution >= 4 is 12.2 Å². The largest absolute Gasteiger partial charge is 0.480 e. The second-order valence-corrected chi connectivity index (χ2v) is 8.92. The minimum atomic E-state index is -0.733. The summed E-state index contributed by atoms with van der Waals surface area (Å²) in [5, 5.41) is 15.7. The molecule has 0 bridgehead atoms. The molecule has 0 radical (unpaired) electrons. The van der Waals surface area contributed by atoms with Gasteiger partial charge in [0, 0.05) is 13.1 Å². The normalized spacial score (nSPS) is 26.5. The Labute approximate surface area is 179 Å². The average Bonchev–Trinajstić information content (AvgIpc) is 3.23. The first-order chi connectivity index (χ1) is 14.7. The zero-order chi connectivity index (χ0) is 20.8. The Hall–Kier alpha value is -1.96. The second-order valence-electron chi connectivity index (χ2n) is 8.92. The molecule has 1 aromatic rings. The van der Waals surface area contributed by atoms with E-state index in [-0.39, 0.29) is 18.7 Å². The Morgan fingerprint density at radius 3 is 2.57 bits per heavy atom. The summed E-state index contributed by atoms with van der Waals surface area (Å²) in [7, 11) is 0. The number of hydrazone groups is 1. The molecule has 7 nitrogen and oxygen atoms in total. The highest BCUT2D eigenvalue weighted by Gasteiger charge is 2.30. The Balaban J connectivity index is 1.21. The van der Waals surface area contributed by atoms with E-state index in [0.29, 0.717) is 5.92 Å². The van der Waals surface area contributed by atoms with Crippen LogP contribution < -0.4 is 5.48 Å². The van der Waals surface area contributed by atoms with E-state index in [1.165, 1.54) is 24.8 Å². The summed E-state index contributed by atoms with van der Waals surface area (Å²) in [5.74, 6) is -0.114. The van der Waals surface area contributed by atoms with Crippen LogP contribution in [0.2, 0.25) is 0 Å². The number of hydrogen-bond acceptors (Lipinski definition) is 6. The van der Waals surface area contributed by atoms with Gasteiger partial charge in [0.15, 0.2) is 0 Å². The number of carbonyl (C=O) groups is 1. The van der Waals surface area contributed by atoms with Gasteiger partial charge in [0.2, 0.25) is 0 Å². The molecule has 7 heteroatoms. The summed E-state index contributed by atoms with van der Waals surface area (Å²) < 4.78 is 0. The van der Waals surface area contributed by atoms with E-state index in [2.05, 4.69) is 39.9 Å². The molecule has 3 fully saturated rings. The number of rotatable bonds is 7. The fraction of sp³-hybridized carbons (Fsp3) is 0.652. The molecule has 3 saturated heterocycles. The van der Waals surface area contributed by atoms with Crippen molar-refractivity contribution in [2.45, 2.75) is 57.1 Å². The van der Waals surface area contributed by atoms with Crippen molar-refractivity contribution < 1.29 is 14.7 Å². The van der Waals surface area contributed by atoms with Crippen LogP contribution in [0.3, 0.4) is 0 Å². The lowest BCUT2D eigenvalue weighted by Gasteiger charge is -2.31. The lowest BCUT2D eigenvalue weighted by Crippen LogP contribution is -2.38.